The van der Waals surface area contributed by atoms with Crippen molar-refractivity contribution in [1.29, 1.82) is 0 Å². The highest BCUT2D eigenvalue weighted by molar-refractivity contribution is 9.10. The molecule has 1 saturated carbocycles. The van der Waals surface area contributed by atoms with Crippen molar-refractivity contribution in [2.75, 3.05) is 5.43 Å². The summed E-state index contributed by atoms with van der Waals surface area (Å²) in [6.45, 7) is 0. The number of hydrazone groups is 1. The second-order valence-corrected chi connectivity index (χ2v) is 7.96. The molecule has 0 spiro atoms. The van der Waals surface area contributed by atoms with Crippen molar-refractivity contribution >= 4 is 39.7 Å². The molecule has 4 nitrogen and oxygen atoms in total. The van der Waals surface area contributed by atoms with Gasteiger partial charge >= 0.3 is 0 Å². The van der Waals surface area contributed by atoms with Gasteiger partial charge < -0.3 is 0 Å². The van der Waals surface area contributed by atoms with Gasteiger partial charge in [0.05, 0.1) is 6.21 Å². The van der Waals surface area contributed by atoms with Gasteiger partial charge in [0.2, 0.25) is 0 Å². The molecular weight excluding hydrogens is 372 g/mol. The standard InChI is InChI=1S/C17H17BrN4S/c18-13-7-3-1-5-11(13)9-21-22-16-15-12-6-2-4-8-14(12)23-17(15)20-10-19-16/h1,3,5,7,9-10,12,14H,2,4,6,8H2,(H,19,20,22)/b21-9+. The van der Waals surface area contributed by atoms with Crippen LogP contribution < -0.4 is 5.43 Å². The average Bonchev–Trinajstić information content (AvgIpc) is 2.96. The quantitative estimate of drug-likeness (QED) is 0.465. The Hall–Kier alpha value is -1.40. The highest BCUT2D eigenvalue weighted by Gasteiger charge is 2.38. The maximum atomic E-state index is 4.48. The summed E-state index contributed by atoms with van der Waals surface area (Å²) < 4.78 is 1.03. The van der Waals surface area contributed by atoms with Crippen LogP contribution >= 0.6 is 27.7 Å². The molecule has 1 fully saturated rings. The minimum absolute atomic E-state index is 0.575. The van der Waals surface area contributed by atoms with Crippen molar-refractivity contribution in [3.8, 4) is 0 Å². The highest BCUT2D eigenvalue weighted by atomic mass is 79.9. The van der Waals surface area contributed by atoms with E-state index in [1.165, 1.54) is 31.2 Å². The van der Waals surface area contributed by atoms with Crippen molar-refractivity contribution in [2.45, 2.75) is 41.9 Å². The van der Waals surface area contributed by atoms with Gasteiger partial charge in [-0.25, -0.2) is 9.97 Å². The Bertz CT molecular complexity index is 749. The lowest BCUT2D eigenvalue weighted by Gasteiger charge is -2.24. The Morgan fingerprint density at radius 2 is 2.09 bits per heavy atom. The minimum Gasteiger partial charge on any atom is -0.261 e. The van der Waals surface area contributed by atoms with Gasteiger partial charge in [-0.3, -0.25) is 5.43 Å². The lowest BCUT2D eigenvalue weighted by molar-refractivity contribution is 0.460. The summed E-state index contributed by atoms with van der Waals surface area (Å²) in [7, 11) is 0. The van der Waals surface area contributed by atoms with Gasteiger partial charge in [-0.05, 0) is 18.9 Å². The first kappa shape index (κ1) is 15.1. The predicted octanol–water partition coefficient (Wildman–Crippen LogP) is 4.82. The van der Waals surface area contributed by atoms with Crippen LogP contribution in [-0.4, -0.2) is 21.4 Å². The van der Waals surface area contributed by atoms with E-state index in [4.69, 9.17) is 0 Å². The van der Waals surface area contributed by atoms with Crippen molar-refractivity contribution in [3.05, 3.63) is 46.2 Å². The van der Waals surface area contributed by atoms with Crippen LogP contribution in [0.5, 0.6) is 0 Å². The topological polar surface area (TPSA) is 50.2 Å². The summed E-state index contributed by atoms with van der Waals surface area (Å²) in [5.74, 6) is 1.44. The number of benzene rings is 1. The molecule has 4 rings (SSSR count). The first-order valence-electron chi connectivity index (χ1n) is 7.88. The third kappa shape index (κ3) is 3.02. The van der Waals surface area contributed by atoms with Crippen molar-refractivity contribution in [2.24, 2.45) is 5.10 Å². The maximum absolute atomic E-state index is 4.48. The molecule has 0 radical (unpaired) electrons. The van der Waals surface area contributed by atoms with Gasteiger partial charge in [-0.2, -0.15) is 5.10 Å². The largest absolute Gasteiger partial charge is 0.261 e. The molecule has 2 aromatic rings. The summed E-state index contributed by atoms with van der Waals surface area (Å²) in [5, 5.41) is 6.19. The Morgan fingerprint density at radius 3 is 3.00 bits per heavy atom. The number of thioether (sulfide) groups is 1. The Morgan fingerprint density at radius 1 is 1.22 bits per heavy atom. The number of nitrogens with one attached hydrogen (secondary N) is 1. The maximum Gasteiger partial charge on any atom is 0.154 e. The van der Waals surface area contributed by atoms with Crippen molar-refractivity contribution in [3.63, 3.8) is 0 Å². The summed E-state index contributed by atoms with van der Waals surface area (Å²) in [6.07, 6.45) is 8.61. The molecule has 1 aromatic carbocycles. The molecule has 2 unspecified atom stereocenters. The second kappa shape index (κ2) is 6.61. The van der Waals surface area contributed by atoms with Gasteiger partial charge in [-0.1, -0.05) is 47.0 Å². The molecule has 0 bridgehead atoms. The lowest BCUT2D eigenvalue weighted by atomic mass is 9.84. The van der Waals surface area contributed by atoms with Crippen molar-refractivity contribution < 1.29 is 0 Å². The zero-order valence-corrected chi connectivity index (χ0v) is 15.0. The first-order valence-corrected chi connectivity index (χ1v) is 9.55. The van der Waals surface area contributed by atoms with E-state index in [1.54, 1.807) is 6.33 Å². The molecule has 23 heavy (non-hydrogen) atoms. The molecule has 0 saturated heterocycles. The molecule has 2 atom stereocenters. The summed E-state index contributed by atoms with van der Waals surface area (Å²) in [5.41, 5.74) is 5.45. The van der Waals surface area contributed by atoms with Crippen LogP contribution in [0.4, 0.5) is 5.82 Å². The second-order valence-electron chi connectivity index (χ2n) is 5.88. The summed E-state index contributed by atoms with van der Waals surface area (Å²) in [6, 6.07) is 8.02. The molecule has 1 N–H and O–H groups in total. The van der Waals surface area contributed by atoms with E-state index in [-0.39, 0.29) is 0 Å². The highest BCUT2D eigenvalue weighted by Crippen LogP contribution is 2.52. The van der Waals surface area contributed by atoms with E-state index in [1.807, 2.05) is 42.2 Å². The number of aromatic nitrogens is 2. The molecule has 6 heteroatoms. The molecule has 2 heterocycles. The normalized spacial score (nSPS) is 22.8. The lowest BCUT2D eigenvalue weighted by Crippen LogP contribution is -2.16. The van der Waals surface area contributed by atoms with Crippen molar-refractivity contribution in [1.82, 2.24) is 9.97 Å². The molecule has 0 amide bonds. The van der Waals surface area contributed by atoms with Gasteiger partial charge in [0.15, 0.2) is 5.82 Å². The number of hydrogen-bond acceptors (Lipinski definition) is 5. The van der Waals surface area contributed by atoms with Gasteiger partial charge in [0, 0.05) is 26.8 Å². The Balaban J connectivity index is 1.57. The van der Waals surface area contributed by atoms with E-state index in [0.29, 0.717) is 11.2 Å². The zero-order valence-electron chi connectivity index (χ0n) is 12.6. The zero-order chi connectivity index (χ0) is 15.6. The number of hydrogen-bond donors (Lipinski definition) is 1. The monoisotopic (exact) mass is 388 g/mol. The Labute approximate surface area is 148 Å². The first-order chi connectivity index (χ1) is 11.3. The molecule has 1 aromatic heterocycles. The predicted molar refractivity (Wildman–Crippen MR) is 98.2 cm³/mol. The van der Waals surface area contributed by atoms with E-state index in [9.17, 15) is 0 Å². The van der Waals surface area contributed by atoms with Crippen LogP contribution in [0.1, 0.15) is 42.7 Å². The SMILES string of the molecule is Brc1ccccc1/C=N/Nc1ncnc2c1C1CCCCC1S2. The van der Waals surface area contributed by atoms with Crippen LogP contribution in [0.15, 0.2) is 45.2 Å². The Kier molecular flexibility index (Phi) is 4.35. The van der Waals surface area contributed by atoms with Gasteiger partial charge in [0.25, 0.3) is 0 Å². The van der Waals surface area contributed by atoms with Gasteiger partial charge in [-0.15, -0.1) is 11.8 Å². The summed E-state index contributed by atoms with van der Waals surface area (Å²) in [4.78, 5) is 8.91. The van der Waals surface area contributed by atoms with Crippen LogP contribution in [0.2, 0.25) is 0 Å². The molecule has 1 aliphatic carbocycles. The van der Waals surface area contributed by atoms with E-state index < -0.39 is 0 Å². The average molecular weight is 389 g/mol. The van der Waals surface area contributed by atoms with Crippen LogP contribution in [0.3, 0.4) is 0 Å². The number of anilines is 1. The van der Waals surface area contributed by atoms with Crippen LogP contribution in [0, 0.1) is 0 Å². The smallest absolute Gasteiger partial charge is 0.154 e. The van der Waals surface area contributed by atoms with Gasteiger partial charge in [0.1, 0.15) is 11.4 Å². The van der Waals surface area contributed by atoms with E-state index >= 15 is 0 Å². The number of nitrogens with zero attached hydrogens (tertiary/aromatic N) is 3. The van der Waals surface area contributed by atoms with Crippen LogP contribution in [-0.2, 0) is 0 Å². The fraction of sp³-hybridized carbons (Fsp3) is 0.353. The fourth-order valence-electron chi connectivity index (χ4n) is 3.35. The third-order valence-corrected chi connectivity index (χ3v) is 6.60. The molecule has 2 aliphatic rings. The number of fused-ring (bicyclic) bond motifs is 3. The number of halogens is 1. The number of rotatable bonds is 3. The van der Waals surface area contributed by atoms with Crippen LogP contribution in [0.25, 0.3) is 0 Å². The molecule has 1 aliphatic heterocycles. The molecule has 118 valence electrons. The minimum atomic E-state index is 0.575. The molecular formula is C17H17BrN4S. The van der Waals surface area contributed by atoms with E-state index in [2.05, 4.69) is 36.4 Å². The summed E-state index contributed by atoms with van der Waals surface area (Å²) >= 11 is 5.45. The fourth-order valence-corrected chi connectivity index (χ4v) is 5.23. The van der Waals surface area contributed by atoms with E-state index in [0.717, 1.165) is 20.9 Å². The third-order valence-electron chi connectivity index (χ3n) is 4.46.